The normalized spacial score (nSPS) is 12.7. The highest BCUT2D eigenvalue weighted by atomic mass is 16.5. The molecule has 25 heavy (non-hydrogen) atoms. The number of hydrogen-bond acceptors (Lipinski definition) is 6. The molecule has 6 heteroatoms. The number of methoxy groups -OCH3 is 2. The lowest BCUT2D eigenvalue weighted by Gasteiger charge is -2.20. The summed E-state index contributed by atoms with van der Waals surface area (Å²) in [5, 5.41) is 4.13. The predicted octanol–water partition coefficient (Wildman–Crippen LogP) is 3.85. The fourth-order valence-corrected chi connectivity index (χ4v) is 2.84. The third kappa shape index (κ3) is 2.87. The Bertz CT molecular complexity index is 927. The number of ether oxygens (including phenoxy) is 4. The molecule has 0 aliphatic carbocycles. The molecule has 2 heterocycles. The summed E-state index contributed by atoms with van der Waals surface area (Å²) in [6.07, 6.45) is 1.71. The van der Waals surface area contributed by atoms with Crippen molar-refractivity contribution in [3.8, 4) is 28.7 Å². The van der Waals surface area contributed by atoms with E-state index in [1.54, 1.807) is 20.4 Å². The molecule has 4 rings (SSSR count). The SMILES string of the molecule is COc1cc2nccc(Oc3ccc4c(c3)OCCN4)c2cc1OC. The fourth-order valence-electron chi connectivity index (χ4n) is 2.84. The molecule has 2 aromatic carbocycles. The molecule has 0 spiro atoms. The molecule has 0 fully saturated rings. The highest BCUT2D eigenvalue weighted by Gasteiger charge is 2.14. The van der Waals surface area contributed by atoms with Gasteiger partial charge in [0.15, 0.2) is 11.5 Å². The number of aromatic nitrogens is 1. The zero-order chi connectivity index (χ0) is 17.2. The van der Waals surface area contributed by atoms with Crippen LogP contribution in [-0.2, 0) is 0 Å². The van der Waals surface area contributed by atoms with Crippen LogP contribution in [0.25, 0.3) is 10.9 Å². The number of benzene rings is 2. The molecule has 1 aliphatic rings. The first-order chi connectivity index (χ1) is 12.3. The summed E-state index contributed by atoms with van der Waals surface area (Å²) < 4.78 is 22.5. The van der Waals surface area contributed by atoms with Crippen molar-refractivity contribution < 1.29 is 18.9 Å². The number of fused-ring (bicyclic) bond motifs is 2. The van der Waals surface area contributed by atoms with E-state index in [0.717, 1.165) is 28.9 Å². The predicted molar refractivity (Wildman–Crippen MR) is 95.3 cm³/mol. The molecule has 1 aromatic heterocycles. The van der Waals surface area contributed by atoms with Gasteiger partial charge in [-0.05, 0) is 24.3 Å². The summed E-state index contributed by atoms with van der Waals surface area (Å²) in [4.78, 5) is 4.39. The second-order valence-corrected chi connectivity index (χ2v) is 5.57. The van der Waals surface area contributed by atoms with Crippen LogP contribution in [0.4, 0.5) is 5.69 Å². The number of rotatable bonds is 4. The molecule has 6 nitrogen and oxygen atoms in total. The lowest BCUT2D eigenvalue weighted by molar-refractivity contribution is 0.321. The number of anilines is 1. The summed E-state index contributed by atoms with van der Waals surface area (Å²) in [5.41, 5.74) is 1.75. The Hall–Kier alpha value is -3.15. The molecule has 0 radical (unpaired) electrons. The largest absolute Gasteiger partial charge is 0.493 e. The van der Waals surface area contributed by atoms with Gasteiger partial charge in [-0.25, -0.2) is 0 Å². The quantitative estimate of drug-likeness (QED) is 0.780. The van der Waals surface area contributed by atoms with E-state index >= 15 is 0 Å². The lowest BCUT2D eigenvalue weighted by atomic mass is 10.1. The summed E-state index contributed by atoms with van der Waals surface area (Å²) in [5.74, 6) is 3.44. The Morgan fingerprint density at radius 3 is 2.68 bits per heavy atom. The summed E-state index contributed by atoms with van der Waals surface area (Å²) in [6, 6.07) is 11.3. The van der Waals surface area contributed by atoms with Gasteiger partial charge < -0.3 is 24.3 Å². The Kier molecular flexibility index (Phi) is 3.93. The van der Waals surface area contributed by atoms with E-state index < -0.39 is 0 Å². The van der Waals surface area contributed by atoms with Gasteiger partial charge in [0.1, 0.15) is 23.9 Å². The minimum absolute atomic E-state index is 0.630. The molecule has 128 valence electrons. The zero-order valence-electron chi connectivity index (χ0n) is 14.0. The molecular formula is C19H18N2O4. The van der Waals surface area contributed by atoms with Crippen molar-refractivity contribution in [2.45, 2.75) is 0 Å². The summed E-state index contributed by atoms with van der Waals surface area (Å²) >= 11 is 0. The Morgan fingerprint density at radius 2 is 1.84 bits per heavy atom. The number of pyridine rings is 1. The van der Waals surface area contributed by atoms with Crippen molar-refractivity contribution in [1.82, 2.24) is 4.98 Å². The highest BCUT2D eigenvalue weighted by Crippen LogP contribution is 2.38. The van der Waals surface area contributed by atoms with Crippen LogP contribution in [0.5, 0.6) is 28.7 Å². The van der Waals surface area contributed by atoms with Crippen molar-refractivity contribution in [1.29, 1.82) is 0 Å². The number of nitrogens with zero attached hydrogens (tertiary/aromatic N) is 1. The maximum Gasteiger partial charge on any atom is 0.162 e. The minimum atomic E-state index is 0.630. The van der Waals surface area contributed by atoms with Gasteiger partial charge >= 0.3 is 0 Å². The smallest absolute Gasteiger partial charge is 0.162 e. The number of nitrogens with one attached hydrogen (secondary N) is 1. The van der Waals surface area contributed by atoms with Crippen LogP contribution in [0, 0.1) is 0 Å². The van der Waals surface area contributed by atoms with Gasteiger partial charge in [-0.2, -0.15) is 0 Å². The number of hydrogen-bond donors (Lipinski definition) is 1. The summed E-state index contributed by atoms with van der Waals surface area (Å²) in [6.45, 7) is 1.45. The Labute approximate surface area is 145 Å². The van der Waals surface area contributed by atoms with E-state index in [0.29, 0.717) is 29.6 Å². The second kappa shape index (κ2) is 6.39. The topological polar surface area (TPSA) is 61.8 Å². The Morgan fingerprint density at radius 1 is 1.00 bits per heavy atom. The molecular weight excluding hydrogens is 320 g/mol. The molecule has 3 aromatic rings. The van der Waals surface area contributed by atoms with E-state index in [1.807, 2.05) is 36.4 Å². The van der Waals surface area contributed by atoms with Crippen molar-refractivity contribution in [2.24, 2.45) is 0 Å². The van der Waals surface area contributed by atoms with E-state index in [4.69, 9.17) is 18.9 Å². The van der Waals surface area contributed by atoms with Crippen molar-refractivity contribution in [3.05, 3.63) is 42.6 Å². The van der Waals surface area contributed by atoms with Crippen LogP contribution in [-0.4, -0.2) is 32.4 Å². The average Bonchev–Trinajstić information content (AvgIpc) is 2.67. The highest BCUT2D eigenvalue weighted by molar-refractivity contribution is 5.88. The molecule has 0 saturated heterocycles. The fraction of sp³-hybridized carbons (Fsp3) is 0.211. The van der Waals surface area contributed by atoms with Crippen molar-refractivity contribution in [2.75, 3.05) is 32.7 Å². The van der Waals surface area contributed by atoms with Crippen LogP contribution >= 0.6 is 0 Å². The van der Waals surface area contributed by atoms with Gasteiger partial charge in [-0.15, -0.1) is 0 Å². The van der Waals surface area contributed by atoms with Crippen LogP contribution in [0.3, 0.4) is 0 Å². The molecule has 0 unspecified atom stereocenters. The van der Waals surface area contributed by atoms with Gasteiger partial charge in [-0.1, -0.05) is 0 Å². The van der Waals surface area contributed by atoms with E-state index in [-0.39, 0.29) is 0 Å². The third-order valence-electron chi connectivity index (χ3n) is 4.06. The van der Waals surface area contributed by atoms with Crippen LogP contribution < -0.4 is 24.3 Å². The Balaban J connectivity index is 1.74. The van der Waals surface area contributed by atoms with E-state index in [9.17, 15) is 0 Å². The van der Waals surface area contributed by atoms with Gasteiger partial charge in [-0.3, -0.25) is 4.98 Å². The van der Waals surface area contributed by atoms with Gasteiger partial charge in [0, 0.05) is 30.3 Å². The van der Waals surface area contributed by atoms with Crippen LogP contribution in [0.2, 0.25) is 0 Å². The molecule has 1 N–H and O–H groups in total. The third-order valence-corrected chi connectivity index (χ3v) is 4.06. The monoisotopic (exact) mass is 338 g/mol. The summed E-state index contributed by atoms with van der Waals surface area (Å²) in [7, 11) is 3.21. The first-order valence-corrected chi connectivity index (χ1v) is 7.98. The maximum absolute atomic E-state index is 6.09. The lowest BCUT2D eigenvalue weighted by Crippen LogP contribution is -2.17. The standard InChI is InChI=1S/C19H18N2O4/c1-22-18-10-13-15(11-19(18)23-2)20-6-5-16(13)25-12-3-4-14-17(9-12)24-8-7-21-14/h3-6,9-11,21H,7-8H2,1-2H3. The van der Waals surface area contributed by atoms with Gasteiger partial charge in [0.25, 0.3) is 0 Å². The average molecular weight is 338 g/mol. The molecule has 0 bridgehead atoms. The van der Waals surface area contributed by atoms with Gasteiger partial charge in [0.2, 0.25) is 0 Å². The second-order valence-electron chi connectivity index (χ2n) is 5.57. The maximum atomic E-state index is 6.09. The zero-order valence-corrected chi connectivity index (χ0v) is 14.0. The minimum Gasteiger partial charge on any atom is -0.493 e. The van der Waals surface area contributed by atoms with Crippen LogP contribution in [0.1, 0.15) is 0 Å². The van der Waals surface area contributed by atoms with Crippen molar-refractivity contribution in [3.63, 3.8) is 0 Å². The molecule has 1 aliphatic heterocycles. The first-order valence-electron chi connectivity index (χ1n) is 7.98. The van der Waals surface area contributed by atoms with E-state index in [2.05, 4.69) is 10.3 Å². The van der Waals surface area contributed by atoms with Crippen molar-refractivity contribution >= 4 is 16.6 Å². The first kappa shape index (κ1) is 15.4. The molecule has 0 amide bonds. The van der Waals surface area contributed by atoms with Gasteiger partial charge in [0.05, 0.1) is 25.4 Å². The van der Waals surface area contributed by atoms with E-state index in [1.165, 1.54) is 0 Å². The molecule has 0 atom stereocenters. The van der Waals surface area contributed by atoms with Crippen LogP contribution in [0.15, 0.2) is 42.6 Å². The molecule has 0 saturated carbocycles.